The molecule has 0 aromatic heterocycles. The zero-order valence-electron chi connectivity index (χ0n) is 17.2. The van der Waals surface area contributed by atoms with Crippen LogP contribution in [-0.4, -0.2) is 44.4 Å². The fraction of sp³-hybridized carbons (Fsp3) is 0.381. The van der Waals surface area contributed by atoms with E-state index in [2.05, 4.69) is 20.4 Å². The Kier molecular flexibility index (Phi) is 12.3. The molecule has 2 unspecified atom stereocenters. The molecule has 0 fully saturated rings. The van der Waals surface area contributed by atoms with E-state index in [-0.39, 0.29) is 48.2 Å². The van der Waals surface area contributed by atoms with Gasteiger partial charge < -0.3 is 25.2 Å². The molecule has 0 bridgehead atoms. The Hall–Kier alpha value is -2.05. The number of benzene rings is 2. The topological polar surface area (TPSA) is 75.1 Å². The summed E-state index contributed by atoms with van der Waals surface area (Å²) in [6, 6.07) is 11.8. The van der Waals surface area contributed by atoms with Gasteiger partial charge in [0.25, 0.3) is 0 Å². The van der Waals surface area contributed by atoms with Crippen LogP contribution in [0.3, 0.4) is 0 Å². The predicted molar refractivity (Wildman–Crippen MR) is 124 cm³/mol. The third kappa shape index (κ3) is 9.32. The van der Waals surface area contributed by atoms with E-state index in [0.717, 1.165) is 5.56 Å². The van der Waals surface area contributed by atoms with Crippen molar-refractivity contribution in [1.82, 2.24) is 10.6 Å². The van der Waals surface area contributed by atoms with Gasteiger partial charge in [0.1, 0.15) is 11.6 Å². The van der Waals surface area contributed by atoms with Gasteiger partial charge in [0.2, 0.25) is 0 Å². The van der Waals surface area contributed by atoms with Crippen LogP contribution in [0.5, 0.6) is 5.75 Å². The number of methoxy groups -OCH3 is 1. The minimum atomic E-state index is -2.90. The van der Waals surface area contributed by atoms with Crippen molar-refractivity contribution in [3.05, 3.63) is 65.5 Å². The van der Waals surface area contributed by atoms with Gasteiger partial charge in [-0.15, -0.1) is 24.0 Å². The number of guanidine groups is 1. The highest BCUT2D eigenvalue weighted by Crippen LogP contribution is 2.20. The van der Waals surface area contributed by atoms with Crippen LogP contribution in [0.25, 0.3) is 0 Å². The molecule has 3 N–H and O–H groups in total. The quantitative estimate of drug-likeness (QED) is 0.236. The van der Waals surface area contributed by atoms with E-state index in [1.54, 1.807) is 19.2 Å². The lowest BCUT2D eigenvalue weighted by molar-refractivity contribution is -0.0498. The molecule has 31 heavy (non-hydrogen) atoms. The van der Waals surface area contributed by atoms with Crippen molar-refractivity contribution in [2.45, 2.75) is 25.7 Å². The maximum Gasteiger partial charge on any atom is 0.387 e. The Labute approximate surface area is 196 Å². The van der Waals surface area contributed by atoms with E-state index >= 15 is 0 Å². The van der Waals surface area contributed by atoms with Crippen molar-refractivity contribution in [3.63, 3.8) is 0 Å². The van der Waals surface area contributed by atoms with Crippen LogP contribution in [0.15, 0.2) is 53.5 Å². The number of ether oxygens (including phenoxy) is 2. The largest absolute Gasteiger partial charge is 0.435 e. The lowest BCUT2D eigenvalue weighted by atomic mass is 10.1. The molecule has 2 rings (SSSR count). The zero-order valence-corrected chi connectivity index (χ0v) is 19.6. The average Bonchev–Trinajstić information content (AvgIpc) is 2.73. The summed E-state index contributed by atoms with van der Waals surface area (Å²) in [4.78, 5) is 4.35. The molecule has 0 heterocycles. The molecule has 0 spiro atoms. The van der Waals surface area contributed by atoms with Gasteiger partial charge in [-0.05, 0) is 42.3 Å². The van der Waals surface area contributed by atoms with Crippen LogP contribution in [0.1, 0.15) is 30.3 Å². The lowest BCUT2D eigenvalue weighted by Gasteiger charge is -2.19. The fourth-order valence-corrected chi connectivity index (χ4v) is 2.70. The first-order chi connectivity index (χ1) is 14.4. The number of alkyl halides is 2. The Morgan fingerprint density at radius 3 is 2.19 bits per heavy atom. The molecule has 0 saturated heterocycles. The monoisotopic (exact) mass is 553 g/mol. The maximum atomic E-state index is 13.1. The van der Waals surface area contributed by atoms with Crippen molar-refractivity contribution in [3.8, 4) is 5.75 Å². The summed E-state index contributed by atoms with van der Waals surface area (Å²) in [5.41, 5.74) is 1.34. The summed E-state index contributed by atoms with van der Waals surface area (Å²) in [6.45, 7) is 0.0475. The molecule has 10 heteroatoms. The predicted octanol–water partition coefficient (Wildman–Crippen LogP) is 4.02. The van der Waals surface area contributed by atoms with Crippen molar-refractivity contribution in [1.29, 1.82) is 0 Å². The smallest absolute Gasteiger partial charge is 0.387 e. The molecule has 0 radical (unpaired) electrons. The standard InChI is InChI=1S/C21H26F3N3O3.HI/c1-3-25-21(27-13-19(29-2)15-4-8-16(22)9-5-15)26-12-18(28)14-6-10-17(11-7-14)30-20(23)24;/h4-11,18-20,28H,3,12-13H2,1-2H3,(H2,25,26,27);1H. The summed E-state index contributed by atoms with van der Waals surface area (Å²) in [7, 11) is 1.56. The molecule has 0 aliphatic heterocycles. The number of rotatable bonds is 10. The summed E-state index contributed by atoms with van der Waals surface area (Å²) in [6.07, 6.45) is -1.24. The van der Waals surface area contributed by atoms with Crippen LogP contribution in [-0.2, 0) is 4.74 Å². The number of hydrogen-bond acceptors (Lipinski definition) is 4. The van der Waals surface area contributed by atoms with E-state index in [0.29, 0.717) is 24.6 Å². The Balaban J connectivity index is 0.00000480. The van der Waals surface area contributed by atoms with Gasteiger partial charge in [-0.1, -0.05) is 24.3 Å². The third-order valence-electron chi connectivity index (χ3n) is 4.24. The number of aliphatic hydroxyl groups excluding tert-OH is 1. The molecule has 0 amide bonds. The van der Waals surface area contributed by atoms with Gasteiger partial charge >= 0.3 is 6.61 Å². The van der Waals surface area contributed by atoms with Crippen molar-refractivity contribution in [2.24, 2.45) is 4.99 Å². The minimum Gasteiger partial charge on any atom is -0.435 e. The minimum absolute atomic E-state index is 0. The third-order valence-corrected chi connectivity index (χ3v) is 4.24. The van der Waals surface area contributed by atoms with Crippen molar-refractivity contribution >= 4 is 29.9 Å². The molecule has 0 aliphatic carbocycles. The van der Waals surface area contributed by atoms with E-state index in [4.69, 9.17) is 4.74 Å². The van der Waals surface area contributed by atoms with E-state index < -0.39 is 12.7 Å². The van der Waals surface area contributed by atoms with Crippen LogP contribution in [0, 0.1) is 5.82 Å². The van der Waals surface area contributed by atoms with Gasteiger partial charge in [-0.2, -0.15) is 8.78 Å². The highest BCUT2D eigenvalue weighted by Gasteiger charge is 2.13. The summed E-state index contributed by atoms with van der Waals surface area (Å²) < 4.78 is 47.3. The molecular weight excluding hydrogens is 526 g/mol. The normalized spacial score (nSPS) is 13.3. The highest BCUT2D eigenvalue weighted by molar-refractivity contribution is 14.0. The first-order valence-electron chi connectivity index (χ1n) is 9.46. The fourth-order valence-electron chi connectivity index (χ4n) is 2.70. The van der Waals surface area contributed by atoms with Crippen molar-refractivity contribution < 1.29 is 27.8 Å². The SMILES string of the molecule is CCNC(=NCC(O)c1ccc(OC(F)F)cc1)NCC(OC)c1ccc(F)cc1.I. The molecule has 0 saturated carbocycles. The maximum absolute atomic E-state index is 13.1. The van der Waals surface area contributed by atoms with Crippen LogP contribution < -0.4 is 15.4 Å². The second-order valence-corrected chi connectivity index (χ2v) is 6.34. The first kappa shape index (κ1) is 27.0. The summed E-state index contributed by atoms with van der Waals surface area (Å²) >= 11 is 0. The molecule has 6 nitrogen and oxygen atoms in total. The number of hydrogen-bond donors (Lipinski definition) is 3. The number of aliphatic imine (C=N–C) groups is 1. The molecule has 2 atom stereocenters. The zero-order chi connectivity index (χ0) is 21.9. The number of aliphatic hydroxyl groups is 1. The number of nitrogens with zero attached hydrogens (tertiary/aromatic N) is 1. The molecule has 0 aliphatic rings. The second-order valence-electron chi connectivity index (χ2n) is 6.34. The first-order valence-corrected chi connectivity index (χ1v) is 9.46. The van der Waals surface area contributed by atoms with E-state index in [1.165, 1.54) is 36.4 Å². The number of nitrogens with one attached hydrogen (secondary N) is 2. The molecule has 2 aromatic rings. The highest BCUT2D eigenvalue weighted by atomic mass is 127. The van der Waals surface area contributed by atoms with Gasteiger partial charge in [0, 0.05) is 20.2 Å². The Morgan fingerprint density at radius 2 is 1.65 bits per heavy atom. The van der Waals surface area contributed by atoms with Crippen LogP contribution in [0.2, 0.25) is 0 Å². The lowest BCUT2D eigenvalue weighted by Crippen LogP contribution is -2.40. The van der Waals surface area contributed by atoms with Crippen LogP contribution >= 0.6 is 24.0 Å². The second kappa shape index (κ2) is 14.1. The van der Waals surface area contributed by atoms with E-state index in [1.807, 2.05) is 6.92 Å². The van der Waals surface area contributed by atoms with Crippen LogP contribution in [0.4, 0.5) is 13.2 Å². The Bertz CT molecular complexity index is 793. The van der Waals surface area contributed by atoms with Gasteiger partial charge in [0.05, 0.1) is 18.8 Å². The van der Waals surface area contributed by atoms with Gasteiger partial charge in [-0.25, -0.2) is 4.39 Å². The summed E-state index contributed by atoms with van der Waals surface area (Å²) in [5.74, 6) is 0.170. The molecular formula is C21H27F3IN3O3. The Morgan fingerprint density at radius 1 is 1.03 bits per heavy atom. The molecule has 2 aromatic carbocycles. The van der Waals surface area contributed by atoms with Gasteiger partial charge in [0.15, 0.2) is 5.96 Å². The average molecular weight is 553 g/mol. The summed E-state index contributed by atoms with van der Waals surface area (Å²) in [5, 5.41) is 16.5. The molecule has 172 valence electrons. The van der Waals surface area contributed by atoms with E-state index in [9.17, 15) is 18.3 Å². The number of halogens is 4. The van der Waals surface area contributed by atoms with Crippen molar-refractivity contribution in [2.75, 3.05) is 26.7 Å². The van der Waals surface area contributed by atoms with Gasteiger partial charge in [-0.3, -0.25) is 4.99 Å².